The number of aromatic nitrogens is 4. The summed E-state index contributed by atoms with van der Waals surface area (Å²) >= 11 is 0. The molecule has 5 nitrogen and oxygen atoms in total. The van der Waals surface area contributed by atoms with Gasteiger partial charge in [-0.2, -0.15) is 10.2 Å². The van der Waals surface area contributed by atoms with E-state index in [0.717, 1.165) is 22.2 Å². The van der Waals surface area contributed by atoms with E-state index < -0.39 is 0 Å². The van der Waals surface area contributed by atoms with E-state index >= 15 is 0 Å². The van der Waals surface area contributed by atoms with E-state index in [1.54, 1.807) is 23.0 Å². The predicted molar refractivity (Wildman–Crippen MR) is 107 cm³/mol. The second-order valence-corrected chi connectivity index (χ2v) is 7.29. The summed E-state index contributed by atoms with van der Waals surface area (Å²) in [6, 6.07) is 14.0. The van der Waals surface area contributed by atoms with Gasteiger partial charge in [0.05, 0.1) is 24.1 Å². The number of benzene rings is 2. The molecule has 0 fully saturated rings. The summed E-state index contributed by atoms with van der Waals surface area (Å²) in [5.41, 5.74) is 3.83. The lowest BCUT2D eigenvalue weighted by atomic mass is 10.1. The molecule has 2 aromatic heterocycles. The first kappa shape index (κ1) is 18.1. The van der Waals surface area contributed by atoms with Crippen LogP contribution >= 0.6 is 0 Å². The van der Waals surface area contributed by atoms with Crippen molar-refractivity contribution >= 4 is 10.9 Å². The van der Waals surface area contributed by atoms with Crippen molar-refractivity contribution in [1.82, 2.24) is 19.6 Å². The van der Waals surface area contributed by atoms with Gasteiger partial charge in [0.1, 0.15) is 11.3 Å². The Balaban J connectivity index is 1.93. The quantitative estimate of drug-likeness (QED) is 0.536. The van der Waals surface area contributed by atoms with Crippen molar-refractivity contribution < 1.29 is 4.39 Å². The Bertz CT molecular complexity index is 1210. The molecule has 6 heteroatoms. The SMILES string of the molecule is Cc1cccc(Cn2nc(C(C)C)c3cnn(-c4ccc(F)cc4)c3c2=O)c1. The number of rotatable bonds is 4. The molecule has 0 aliphatic rings. The smallest absolute Gasteiger partial charge is 0.265 e. The number of fused-ring (bicyclic) bond motifs is 1. The van der Waals surface area contributed by atoms with Crippen LogP contribution in [0.25, 0.3) is 16.6 Å². The minimum absolute atomic E-state index is 0.123. The van der Waals surface area contributed by atoms with E-state index in [9.17, 15) is 9.18 Å². The van der Waals surface area contributed by atoms with E-state index in [1.807, 2.05) is 45.0 Å². The molecule has 142 valence electrons. The van der Waals surface area contributed by atoms with Crippen molar-refractivity contribution in [2.24, 2.45) is 0 Å². The maximum absolute atomic E-state index is 13.3. The Morgan fingerprint density at radius 3 is 2.54 bits per heavy atom. The van der Waals surface area contributed by atoms with Gasteiger partial charge in [0.2, 0.25) is 0 Å². The monoisotopic (exact) mass is 376 g/mol. The van der Waals surface area contributed by atoms with Crippen molar-refractivity contribution in [3.05, 3.63) is 87.7 Å². The summed E-state index contributed by atoms with van der Waals surface area (Å²) in [6.07, 6.45) is 1.67. The van der Waals surface area contributed by atoms with E-state index in [-0.39, 0.29) is 17.3 Å². The number of hydrogen-bond donors (Lipinski definition) is 0. The lowest BCUT2D eigenvalue weighted by Gasteiger charge is -2.12. The van der Waals surface area contributed by atoms with Crippen LogP contribution in [0.2, 0.25) is 0 Å². The van der Waals surface area contributed by atoms with Gasteiger partial charge in [-0.1, -0.05) is 43.7 Å². The molecule has 2 heterocycles. The van der Waals surface area contributed by atoms with Gasteiger partial charge in [0, 0.05) is 5.39 Å². The largest absolute Gasteiger partial charge is 0.293 e. The van der Waals surface area contributed by atoms with Crippen molar-refractivity contribution in [3.8, 4) is 5.69 Å². The zero-order valence-corrected chi connectivity index (χ0v) is 16.1. The zero-order chi connectivity index (χ0) is 19.8. The van der Waals surface area contributed by atoms with Gasteiger partial charge in [-0.25, -0.2) is 13.8 Å². The second kappa shape index (κ2) is 7.03. The Morgan fingerprint density at radius 1 is 1.11 bits per heavy atom. The summed E-state index contributed by atoms with van der Waals surface area (Å²) in [4.78, 5) is 13.3. The lowest BCUT2D eigenvalue weighted by molar-refractivity contribution is 0.612. The molecule has 0 saturated carbocycles. The normalized spacial score (nSPS) is 11.5. The third-order valence-electron chi connectivity index (χ3n) is 4.74. The molecule has 0 saturated heterocycles. The van der Waals surface area contributed by atoms with Crippen molar-refractivity contribution in [2.75, 3.05) is 0 Å². The molecule has 4 rings (SSSR count). The molecule has 2 aromatic carbocycles. The number of nitrogens with zero attached hydrogens (tertiary/aromatic N) is 4. The third kappa shape index (κ3) is 3.22. The van der Waals surface area contributed by atoms with Crippen LogP contribution < -0.4 is 5.56 Å². The maximum atomic E-state index is 13.3. The molecule has 0 spiro atoms. The van der Waals surface area contributed by atoms with Crippen molar-refractivity contribution in [3.63, 3.8) is 0 Å². The van der Waals surface area contributed by atoms with Gasteiger partial charge >= 0.3 is 0 Å². The first-order chi connectivity index (χ1) is 13.4. The second-order valence-electron chi connectivity index (χ2n) is 7.29. The highest BCUT2D eigenvalue weighted by Crippen LogP contribution is 2.23. The highest BCUT2D eigenvalue weighted by Gasteiger charge is 2.19. The van der Waals surface area contributed by atoms with E-state index in [0.29, 0.717) is 17.7 Å². The van der Waals surface area contributed by atoms with Crippen LogP contribution in [0, 0.1) is 12.7 Å². The first-order valence-corrected chi connectivity index (χ1v) is 9.24. The van der Waals surface area contributed by atoms with E-state index in [2.05, 4.69) is 10.2 Å². The van der Waals surface area contributed by atoms with Crippen molar-refractivity contribution in [2.45, 2.75) is 33.2 Å². The molecule has 0 bridgehead atoms. The lowest BCUT2D eigenvalue weighted by Crippen LogP contribution is -2.27. The van der Waals surface area contributed by atoms with Crippen LogP contribution in [0.5, 0.6) is 0 Å². The summed E-state index contributed by atoms with van der Waals surface area (Å²) in [7, 11) is 0. The van der Waals surface area contributed by atoms with Crippen LogP contribution in [-0.2, 0) is 6.54 Å². The predicted octanol–water partition coefficient (Wildman–Crippen LogP) is 4.20. The molecule has 0 aliphatic carbocycles. The third-order valence-corrected chi connectivity index (χ3v) is 4.74. The maximum Gasteiger partial charge on any atom is 0.293 e. The highest BCUT2D eigenvalue weighted by atomic mass is 19.1. The minimum Gasteiger partial charge on any atom is -0.265 e. The molecule has 0 N–H and O–H groups in total. The molecule has 0 unspecified atom stereocenters. The first-order valence-electron chi connectivity index (χ1n) is 9.24. The Labute approximate surface area is 162 Å². The van der Waals surface area contributed by atoms with E-state index in [1.165, 1.54) is 16.8 Å². The topological polar surface area (TPSA) is 52.7 Å². The summed E-state index contributed by atoms with van der Waals surface area (Å²) in [6.45, 7) is 6.48. The number of halogens is 1. The molecule has 0 aliphatic heterocycles. The Morgan fingerprint density at radius 2 is 1.86 bits per heavy atom. The highest BCUT2D eigenvalue weighted by molar-refractivity contribution is 5.82. The Kier molecular flexibility index (Phi) is 4.55. The number of aryl methyl sites for hydroxylation is 1. The Hall–Kier alpha value is -3.28. The molecular weight excluding hydrogens is 355 g/mol. The van der Waals surface area contributed by atoms with Gasteiger partial charge in [-0.05, 0) is 42.7 Å². The van der Waals surface area contributed by atoms with Gasteiger partial charge < -0.3 is 0 Å². The van der Waals surface area contributed by atoms with Crippen molar-refractivity contribution in [1.29, 1.82) is 0 Å². The molecule has 0 radical (unpaired) electrons. The number of hydrogen-bond acceptors (Lipinski definition) is 3. The molecular formula is C22H21FN4O. The summed E-state index contributed by atoms with van der Waals surface area (Å²) in [5.74, 6) is -0.209. The van der Waals surface area contributed by atoms with Gasteiger partial charge in [-0.15, -0.1) is 0 Å². The van der Waals surface area contributed by atoms with Gasteiger partial charge in [0.25, 0.3) is 5.56 Å². The summed E-state index contributed by atoms with van der Waals surface area (Å²) in [5, 5.41) is 9.77. The van der Waals surface area contributed by atoms with E-state index in [4.69, 9.17) is 0 Å². The summed E-state index contributed by atoms with van der Waals surface area (Å²) < 4.78 is 16.4. The van der Waals surface area contributed by atoms with Gasteiger partial charge in [-0.3, -0.25) is 4.79 Å². The molecule has 28 heavy (non-hydrogen) atoms. The molecule has 4 aromatic rings. The fourth-order valence-corrected chi connectivity index (χ4v) is 3.39. The molecule has 0 amide bonds. The average Bonchev–Trinajstić information content (AvgIpc) is 3.10. The van der Waals surface area contributed by atoms with Crippen LogP contribution in [0.1, 0.15) is 36.6 Å². The average molecular weight is 376 g/mol. The van der Waals surface area contributed by atoms with Crippen LogP contribution in [0.3, 0.4) is 0 Å². The van der Waals surface area contributed by atoms with Gasteiger partial charge in [0.15, 0.2) is 0 Å². The van der Waals surface area contributed by atoms with Crippen LogP contribution in [-0.4, -0.2) is 19.6 Å². The standard InChI is InChI=1S/C22H21FN4O/c1-14(2)20-19-12-24-27(18-9-7-17(23)8-10-18)21(19)22(28)26(25-20)13-16-6-4-5-15(3)11-16/h4-12,14H,13H2,1-3H3. The molecule has 0 atom stereocenters. The fraction of sp³-hybridized carbons (Fsp3) is 0.227. The minimum atomic E-state index is -0.332. The van der Waals surface area contributed by atoms with Crippen LogP contribution in [0.15, 0.2) is 59.5 Å². The zero-order valence-electron chi connectivity index (χ0n) is 16.1. The van der Waals surface area contributed by atoms with Crippen LogP contribution in [0.4, 0.5) is 4.39 Å². The fourth-order valence-electron chi connectivity index (χ4n) is 3.39.